The van der Waals surface area contributed by atoms with E-state index < -0.39 is 10.0 Å². The zero-order chi connectivity index (χ0) is 20.4. The number of nitrogens with zero attached hydrogens (tertiary/aromatic N) is 3. The molecule has 4 rings (SSSR count). The van der Waals surface area contributed by atoms with E-state index in [2.05, 4.69) is 20.9 Å². The molecular formula is C20H18BrN3O3S2. The number of rotatable bonds is 4. The van der Waals surface area contributed by atoms with Gasteiger partial charge in [-0.15, -0.1) is 11.3 Å². The summed E-state index contributed by atoms with van der Waals surface area (Å²) in [5.41, 5.74) is 1.37. The van der Waals surface area contributed by atoms with Gasteiger partial charge in [-0.2, -0.15) is 4.31 Å². The van der Waals surface area contributed by atoms with Gasteiger partial charge < -0.3 is 4.90 Å². The standard InChI is InChI=1S/C20H18BrN3O3S2/c21-16-7-4-8-17(13-16)29(26,27)24-11-9-23(10-12-24)20(25)18-14-28-19(22-18)15-5-2-1-3-6-15/h1-8,13-14H,9-12H2. The van der Waals surface area contributed by atoms with Crippen molar-refractivity contribution in [3.05, 3.63) is 70.1 Å². The number of hydrogen-bond acceptors (Lipinski definition) is 5. The van der Waals surface area contributed by atoms with Crippen LogP contribution >= 0.6 is 27.3 Å². The van der Waals surface area contributed by atoms with Crippen LogP contribution in [0.3, 0.4) is 0 Å². The average Bonchev–Trinajstić information content (AvgIpc) is 3.24. The molecule has 0 spiro atoms. The molecule has 1 saturated heterocycles. The molecule has 2 aromatic carbocycles. The molecule has 1 aromatic heterocycles. The van der Waals surface area contributed by atoms with Gasteiger partial charge in [-0.05, 0) is 18.2 Å². The number of sulfonamides is 1. The average molecular weight is 492 g/mol. The van der Waals surface area contributed by atoms with Crippen LogP contribution in [0, 0.1) is 0 Å². The summed E-state index contributed by atoms with van der Waals surface area (Å²) < 4.78 is 27.8. The molecule has 9 heteroatoms. The molecule has 0 N–H and O–H groups in total. The molecule has 3 aromatic rings. The van der Waals surface area contributed by atoms with Gasteiger partial charge >= 0.3 is 0 Å². The van der Waals surface area contributed by atoms with E-state index in [1.54, 1.807) is 34.5 Å². The second-order valence-electron chi connectivity index (χ2n) is 6.56. The van der Waals surface area contributed by atoms with Crippen molar-refractivity contribution in [2.24, 2.45) is 0 Å². The fraction of sp³-hybridized carbons (Fsp3) is 0.200. The third-order valence-corrected chi connectivity index (χ3v) is 7.98. The summed E-state index contributed by atoms with van der Waals surface area (Å²) in [7, 11) is -3.58. The van der Waals surface area contributed by atoms with Gasteiger partial charge in [0.1, 0.15) is 10.7 Å². The molecule has 150 valence electrons. The van der Waals surface area contributed by atoms with Crippen LogP contribution in [0.25, 0.3) is 10.6 Å². The molecule has 0 radical (unpaired) electrons. The van der Waals surface area contributed by atoms with Crippen LogP contribution in [0.4, 0.5) is 0 Å². The normalized spacial score (nSPS) is 15.4. The summed E-state index contributed by atoms with van der Waals surface area (Å²) in [5.74, 6) is -0.164. The summed E-state index contributed by atoms with van der Waals surface area (Å²) >= 11 is 4.74. The zero-order valence-electron chi connectivity index (χ0n) is 15.4. The number of amides is 1. The lowest BCUT2D eigenvalue weighted by Crippen LogP contribution is -2.50. The number of carbonyl (C=O) groups excluding carboxylic acids is 1. The Hall–Kier alpha value is -2.07. The van der Waals surface area contributed by atoms with Crippen molar-refractivity contribution in [3.63, 3.8) is 0 Å². The van der Waals surface area contributed by atoms with Gasteiger partial charge in [-0.3, -0.25) is 4.79 Å². The summed E-state index contributed by atoms with van der Waals surface area (Å²) in [6.45, 7) is 1.20. The third-order valence-electron chi connectivity index (χ3n) is 4.70. The highest BCUT2D eigenvalue weighted by atomic mass is 79.9. The Morgan fingerprint density at radius 1 is 1.00 bits per heavy atom. The van der Waals surface area contributed by atoms with Gasteiger partial charge in [0.2, 0.25) is 10.0 Å². The van der Waals surface area contributed by atoms with E-state index in [9.17, 15) is 13.2 Å². The van der Waals surface area contributed by atoms with Crippen molar-refractivity contribution in [1.82, 2.24) is 14.2 Å². The lowest BCUT2D eigenvalue weighted by molar-refractivity contribution is 0.0693. The second kappa shape index (κ2) is 8.35. The van der Waals surface area contributed by atoms with Crippen LogP contribution in [0.15, 0.2) is 69.3 Å². The largest absolute Gasteiger partial charge is 0.335 e. The highest BCUT2D eigenvalue weighted by Gasteiger charge is 2.31. The van der Waals surface area contributed by atoms with E-state index in [1.165, 1.54) is 15.6 Å². The van der Waals surface area contributed by atoms with E-state index in [0.717, 1.165) is 10.6 Å². The Morgan fingerprint density at radius 2 is 1.72 bits per heavy atom. The van der Waals surface area contributed by atoms with Crippen LogP contribution in [0.5, 0.6) is 0 Å². The molecule has 1 aliphatic rings. The molecule has 0 saturated carbocycles. The predicted molar refractivity (Wildman–Crippen MR) is 116 cm³/mol. The van der Waals surface area contributed by atoms with Gasteiger partial charge in [0.25, 0.3) is 5.91 Å². The second-order valence-corrected chi connectivity index (χ2v) is 10.3. The number of piperazine rings is 1. The summed E-state index contributed by atoms with van der Waals surface area (Å²) in [5, 5.41) is 2.56. The Labute approximate surface area is 182 Å². The minimum atomic E-state index is -3.58. The number of hydrogen-bond donors (Lipinski definition) is 0. The van der Waals surface area contributed by atoms with Crippen molar-refractivity contribution < 1.29 is 13.2 Å². The summed E-state index contributed by atoms with van der Waals surface area (Å²) in [6, 6.07) is 16.4. The molecule has 6 nitrogen and oxygen atoms in total. The lowest BCUT2D eigenvalue weighted by Gasteiger charge is -2.33. The van der Waals surface area contributed by atoms with Gasteiger partial charge in [0.15, 0.2) is 0 Å². The first-order valence-corrected chi connectivity index (χ1v) is 12.1. The molecule has 29 heavy (non-hydrogen) atoms. The predicted octanol–water partition coefficient (Wildman–Crippen LogP) is 3.72. The molecule has 1 fully saturated rings. The van der Waals surface area contributed by atoms with Crippen LogP contribution in [-0.2, 0) is 10.0 Å². The minimum absolute atomic E-state index is 0.164. The number of carbonyl (C=O) groups is 1. The molecule has 0 atom stereocenters. The molecule has 0 bridgehead atoms. The van der Waals surface area contributed by atoms with E-state index in [0.29, 0.717) is 23.3 Å². The van der Waals surface area contributed by atoms with Gasteiger partial charge in [-0.1, -0.05) is 52.3 Å². The molecular weight excluding hydrogens is 474 g/mol. The maximum absolute atomic E-state index is 12.8. The Kier molecular flexibility index (Phi) is 5.82. The summed E-state index contributed by atoms with van der Waals surface area (Å²) in [4.78, 5) is 19.2. The Bertz CT molecular complexity index is 1120. The van der Waals surface area contributed by atoms with Crippen LogP contribution < -0.4 is 0 Å². The number of halogens is 1. The highest BCUT2D eigenvalue weighted by Crippen LogP contribution is 2.25. The quantitative estimate of drug-likeness (QED) is 0.557. The molecule has 2 heterocycles. The maximum Gasteiger partial charge on any atom is 0.273 e. The van der Waals surface area contributed by atoms with E-state index >= 15 is 0 Å². The third kappa shape index (κ3) is 4.28. The van der Waals surface area contributed by atoms with E-state index in [-0.39, 0.29) is 23.9 Å². The van der Waals surface area contributed by atoms with Crippen LogP contribution in [0.1, 0.15) is 10.5 Å². The van der Waals surface area contributed by atoms with E-state index in [1.807, 2.05) is 30.3 Å². The van der Waals surface area contributed by atoms with Gasteiger partial charge in [0.05, 0.1) is 4.90 Å². The number of thiazole rings is 1. The summed E-state index contributed by atoms with van der Waals surface area (Å²) in [6.07, 6.45) is 0. The number of aromatic nitrogens is 1. The van der Waals surface area contributed by atoms with Crippen LogP contribution in [0.2, 0.25) is 0 Å². The van der Waals surface area contributed by atoms with Crippen molar-refractivity contribution in [2.75, 3.05) is 26.2 Å². The van der Waals surface area contributed by atoms with Gasteiger partial charge in [0, 0.05) is 41.6 Å². The monoisotopic (exact) mass is 491 g/mol. The maximum atomic E-state index is 12.8. The van der Waals surface area contributed by atoms with Crippen molar-refractivity contribution in [1.29, 1.82) is 0 Å². The fourth-order valence-electron chi connectivity index (χ4n) is 3.16. The van der Waals surface area contributed by atoms with Crippen molar-refractivity contribution >= 4 is 43.2 Å². The zero-order valence-corrected chi connectivity index (χ0v) is 18.6. The first kappa shape index (κ1) is 20.2. The van der Waals surface area contributed by atoms with Gasteiger partial charge in [-0.25, -0.2) is 13.4 Å². The van der Waals surface area contributed by atoms with Crippen molar-refractivity contribution in [2.45, 2.75) is 4.90 Å². The van der Waals surface area contributed by atoms with E-state index in [4.69, 9.17) is 0 Å². The topological polar surface area (TPSA) is 70.6 Å². The smallest absolute Gasteiger partial charge is 0.273 e. The highest BCUT2D eigenvalue weighted by molar-refractivity contribution is 9.10. The molecule has 0 aliphatic carbocycles. The molecule has 1 amide bonds. The Morgan fingerprint density at radius 3 is 2.41 bits per heavy atom. The first-order chi connectivity index (χ1) is 13.9. The molecule has 0 unspecified atom stereocenters. The fourth-order valence-corrected chi connectivity index (χ4v) is 5.97. The Balaban J connectivity index is 1.43. The molecule has 1 aliphatic heterocycles. The first-order valence-electron chi connectivity index (χ1n) is 9.01. The van der Waals surface area contributed by atoms with Crippen molar-refractivity contribution in [3.8, 4) is 10.6 Å². The lowest BCUT2D eigenvalue weighted by atomic mass is 10.2. The minimum Gasteiger partial charge on any atom is -0.335 e. The van der Waals surface area contributed by atoms with Crippen LogP contribution in [-0.4, -0.2) is 54.7 Å². The number of benzene rings is 2. The SMILES string of the molecule is O=C(c1csc(-c2ccccc2)n1)N1CCN(S(=O)(=O)c2cccc(Br)c2)CC1.